The van der Waals surface area contributed by atoms with Gasteiger partial charge in [0.25, 0.3) is 5.91 Å². The highest BCUT2D eigenvalue weighted by atomic mass is 32.1. The summed E-state index contributed by atoms with van der Waals surface area (Å²) in [4.78, 5) is 12.4. The van der Waals surface area contributed by atoms with E-state index in [-0.39, 0.29) is 5.91 Å². The summed E-state index contributed by atoms with van der Waals surface area (Å²) in [6.07, 6.45) is 3.55. The Hall–Kier alpha value is -0.870. The molecule has 1 aliphatic heterocycles. The van der Waals surface area contributed by atoms with Gasteiger partial charge < -0.3 is 10.6 Å². The average Bonchev–Trinajstić information content (AvgIpc) is 2.90. The van der Waals surface area contributed by atoms with E-state index >= 15 is 0 Å². The smallest absolute Gasteiger partial charge is 0.261 e. The van der Waals surface area contributed by atoms with Gasteiger partial charge in [-0.15, -0.1) is 11.3 Å². The normalized spacial score (nSPS) is 20.4. The molecule has 2 heterocycles. The van der Waals surface area contributed by atoms with Crippen molar-refractivity contribution in [2.45, 2.75) is 25.3 Å². The van der Waals surface area contributed by atoms with E-state index in [0.29, 0.717) is 6.04 Å². The number of carbonyl (C=O) groups excluding carboxylic acids is 1. The molecule has 0 saturated carbocycles. The Morgan fingerprint density at radius 2 is 2.60 bits per heavy atom. The zero-order valence-electron chi connectivity index (χ0n) is 8.66. The van der Waals surface area contributed by atoms with Gasteiger partial charge in [-0.05, 0) is 37.3 Å². The number of hydrogen-bond acceptors (Lipinski definition) is 3. The topological polar surface area (TPSA) is 41.1 Å². The zero-order valence-corrected chi connectivity index (χ0v) is 9.48. The van der Waals surface area contributed by atoms with Crippen molar-refractivity contribution in [1.82, 2.24) is 10.6 Å². The van der Waals surface area contributed by atoms with Gasteiger partial charge in [-0.2, -0.15) is 0 Å². The summed E-state index contributed by atoms with van der Waals surface area (Å²) in [6.45, 7) is 1.90. The number of hydrogen-bond donors (Lipinski definition) is 2. The first-order valence-electron chi connectivity index (χ1n) is 5.41. The fourth-order valence-corrected chi connectivity index (χ4v) is 2.50. The van der Waals surface area contributed by atoms with Crippen LogP contribution in [0, 0.1) is 0 Å². The van der Waals surface area contributed by atoms with Crippen LogP contribution in [0.25, 0.3) is 0 Å². The SMILES string of the molecule is O=C(NCC[C@H]1CCCN1)c1cccs1. The molecular formula is C11H16N2OS. The van der Waals surface area contributed by atoms with Crippen molar-refractivity contribution in [3.8, 4) is 0 Å². The van der Waals surface area contributed by atoms with Gasteiger partial charge in [0.15, 0.2) is 0 Å². The van der Waals surface area contributed by atoms with Crippen molar-refractivity contribution in [1.29, 1.82) is 0 Å². The maximum absolute atomic E-state index is 11.6. The van der Waals surface area contributed by atoms with Crippen molar-refractivity contribution >= 4 is 17.2 Å². The van der Waals surface area contributed by atoms with Crippen LogP contribution in [-0.4, -0.2) is 25.0 Å². The third kappa shape index (κ3) is 3.04. The predicted octanol–water partition coefficient (Wildman–Crippen LogP) is 1.62. The molecule has 0 spiro atoms. The van der Waals surface area contributed by atoms with Gasteiger partial charge in [-0.3, -0.25) is 4.79 Å². The van der Waals surface area contributed by atoms with Crippen LogP contribution in [0.2, 0.25) is 0 Å². The minimum Gasteiger partial charge on any atom is -0.351 e. The van der Waals surface area contributed by atoms with E-state index in [4.69, 9.17) is 0 Å². The third-order valence-corrected chi connectivity index (χ3v) is 3.55. The highest BCUT2D eigenvalue weighted by molar-refractivity contribution is 7.12. The number of nitrogens with one attached hydrogen (secondary N) is 2. The highest BCUT2D eigenvalue weighted by Gasteiger charge is 2.13. The van der Waals surface area contributed by atoms with E-state index in [9.17, 15) is 4.79 Å². The van der Waals surface area contributed by atoms with Crippen molar-refractivity contribution < 1.29 is 4.79 Å². The Morgan fingerprint density at radius 3 is 3.27 bits per heavy atom. The highest BCUT2D eigenvalue weighted by Crippen LogP contribution is 2.09. The monoisotopic (exact) mass is 224 g/mol. The molecule has 1 saturated heterocycles. The molecule has 1 aromatic heterocycles. The van der Waals surface area contributed by atoms with Gasteiger partial charge in [-0.25, -0.2) is 0 Å². The zero-order chi connectivity index (χ0) is 10.5. The Labute approximate surface area is 93.9 Å². The van der Waals surface area contributed by atoms with Gasteiger partial charge >= 0.3 is 0 Å². The average molecular weight is 224 g/mol. The predicted molar refractivity (Wildman–Crippen MR) is 62.3 cm³/mol. The van der Waals surface area contributed by atoms with Crippen molar-refractivity contribution in [3.63, 3.8) is 0 Å². The van der Waals surface area contributed by atoms with E-state index in [0.717, 1.165) is 24.4 Å². The van der Waals surface area contributed by atoms with E-state index in [1.54, 1.807) is 0 Å². The van der Waals surface area contributed by atoms with Crippen molar-refractivity contribution in [2.24, 2.45) is 0 Å². The molecule has 0 radical (unpaired) electrons. The Bertz CT molecular complexity index is 304. The molecule has 0 unspecified atom stereocenters. The molecule has 1 aromatic rings. The van der Waals surface area contributed by atoms with E-state index < -0.39 is 0 Å². The molecule has 1 amide bonds. The fraction of sp³-hybridized carbons (Fsp3) is 0.545. The van der Waals surface area contributed by atoms with Crippen LogP contribution >= 0.6 is 11.3 Å². The summed E-state index contributed by atoms with van der Waals surface area (Å²) >= 11 is 1.49. The van der Waals surface area contributed by atoms with Crippen LogP contribution in [0.5, 0.6) is 0 Å². The second-order valence-electron chi connectivity index (χ2n) is 3.82. The first kappa shape index (κ1) is 10.6. The van der Waals surface area contributed by atoms with Crippen LogP contribution in [0.4, 0.5) is 0 Å². The fourth-order valence-electron chi connectivity index (χ4n) is 1.86. The molecule has 1 atom stereocenters. The minimum absolute atomic E-state index is 0.0583. The Balaban J connectivity index is 1.67. The molecule has 15 heavy (non-hydrogen) atoms. The summed E-state index contributed by atoms with van der Waals surface area (Å²) in [5, 5.41) is 8.28. The van der Waals surface area contributed by atoms with E-state index in [1.165, 1.54) is 24.2 Å². The molecule has 0 aliphatic carbocycles. The summed E-state index contributed by atoms with van der Waals surface area (Å²) in [7, 11) is 0. The molecule has 4 heteroatoms. The number of rotatable bonds is 4. The third-order valence-electron chi connectivity index (χ3n) is 2.69. The Kier molecular flexibility index (Phi) is 3.75. The molecule has 0 aromatic carbocycles. The van der Waals surface area contributed by atoms with Crippen molar-refractivity contribution in [2.75, 3.05) is 13.1 Å². The van der Waals surface area contributed by atoms with Crippen LogP contribution < -0.4 is 10.6 Å². The maximum atomic E-state index is 11.6. The van der Waals surface area contributed by atoms with Gasteiger partial charge in [0.1, 0.15) is 0 Å². The summed E-state index contributed by atoms with van der Waals surface area (Å²) in [6, 6.07) is 4.36. The van der Waals surface area contributed by atoms with E-state index in [1.807, 2.05) is 17.5 Å². The van der Waals surface area contributed by atoms with Crippen LogP contribution in [0.15, 0.2) is 17.5 Å². The summed E-state index contributed by atoms with van der Waals surface area (Å²) in [5.74, 6) is 0.0583. The van der Waals surface area contributed by atoms with Crippen LogP contribution in [0.1, 0.15) is 28.9 Å². The van der Waals surface area contributed by atoms with Gasteiger partial charge in [0.05, 0.1) is 4.88 Å². The lowest BCUT2D eigenvalue weighted by Gasteiger charge is -2.09. The largest absolute Gasteiger partial charge is 0.351 e. The lowest BCUT2D eigenvalue weighted by molar-refractivity contribution is 0.0956. The summed E-state index contributed by atoms with van der Waals surface area (Å²) < 4.78 is 0. The minimum atomic E-state index is 0.0583. The maximum Gasteiger partial charge on any atom is 0.261 e. The van der Waals surface area contributed by atoms with E-state index in [2.05, 4.69) is 10.6 Å². The van der Waals surface area contributed by atoms with Crippen LogP contribution in [0.3, 0.4) is 0 Å². The quantitative estimate of drug-likeness (QED) is 0.816. The number of amides is 1. The molecule has 1 aliphatic rings. The van der Waals surface area contributed by atoms with Gasteiger partial charge in [-0.1, -0.05) is 6.07 Å². The molecule has 0 bridgehead atoms. The Morgan fingerprint density at radius 1 is 1.67 bits per heavy atom. The number of carbonyl (C=O) groups is 1. The van der Waals surface area contributed by atoms with Gasteiger partial charge in [0.2, 0.25) is 0 Å². The lowest BCUT2D eigenvalue weighted by Crippen LogP contribution is -2.30. The summed E-state index contributed by atoms with van der Waals surface area (Å²) in [5.41, 5.74) is 0. The van der Waals surface area contributed by atoms with Crippen LogP contribution in [-0.2, 0) is 0 Å². The lowest BCUT2D eigenvalue weighted by atomic mass is 10.1. The standard InChI is InChI=1S/C11H16N2OS/c14-11(10-4-2-8-15-10)13-7-5-9-3-1-6-12-9/h2,4,8-9,12H,1,3,5-7H2,(H,13,14)/t9-/m1/s1. The molecule has 2 N–H and O–H groups in total. The number of thiophene rings is 1. The molecule has 1 fully saturated rings. The molecular weight excluding hydrogens is 208 g/mol. The first-order chi connectivity index (χ1) is 7.36. The first-order valence-corrected chi connectivity index (χ1v) is 6.29. The van der Waals surface area contributed by atoms with Gasteiger partial charge in [0, 0.05) is 12.6 Å². The molecule has 82 valence electrons. The van der Waals surface area contributed by atoms with Crippen molar-refractivity contribution in [3.05, 3.63) is 22.4 Å². The second-order valence-corrected chi connectivity index (χ2v) is 4.76. The second kappa shape index (κ2) is 5.28. The molecule has 2 rings (SSSR count). The molecule has 3 nitrogen and oxygen atoms in total.